The van der Waals surface area contributed by atoms with E-state index >= 15 is 0 Å². The van der Waals surface area contributed by atoms with Crippen molar-refractivity contribution >= 4 is 11.4 Å². The molecule has 128 valence electrons. The Morgan fingerprint density at radius 1 is 1.35 bits per heavy atom. The van der Waals surface area contributed by atoms with Gasteiger partial charge in [0.25, 0.3) is 5.69 Å². The van der Waals surface area contributed by atoms with Crippen LogP contribution in [0.4, 0.5) is 11.4 Å². The number of hydrogen-bond donors (Lipinski definition) is 1. The van der Waals surface area contributed by atoms with E-state index in [-0.39, 0.29) is 29.3 Å². The molecular formula is C16H25N3O4. The highest BCUT2D eigenvalue weighted by Crippen LogP contribution is 2.32. The van der Waals surface area contributed by atoms with Crippen LogP contribution in [-0.4, -0.2) is 60.4 Å². The van der Waals surface area contributed by atoms with E-state index in [0.717, 1.165) is 6.54 Å². The zero-order valence-corrected chi connectivity index (χ0v) is 13.9. The van der Waals surface area contributed by atoms with Crippen molar-refractivity contribution in [2.45, 2.75) is 32.5 Å². The summed E-state index contributed by atoms with van der Waals surface area (Å²) >= 11 is 0. The summed E-state index contributed by atoms with van der Waals surface area (Å²) in [6.07, 6.45) is 0. The van der Waals surface area contributed by atoms with Crippen molar-refractivity contribution in [1.29, 1.82) is 0 Å². The zero-order chi connectivity index (χ0) is 17.0. The van der Waals surface area contributed by atoms with Crippen molar-refractivity contribution in [3.63, 3.8) is 0 Å². The van der Waals surface area contributed by atoms with Crippen LogP contribution in [0.1, 0.15) is 19.4 Å². The number of nitro benzene ring substituents is 1. The Labute approximate surface area is 136 Å². The molecule has 0 radical (unpaired) electrons. The van der Waals surface area contributed by atoms with Crippen molar-refractivity contribution in [2.24, 2.45) is 0 Å². The molecule has 2 rings (SSSR count). The van der Waals surface area contributed by atoms with E-state index < -0.39 is 0 Å². The van der Waals surface area contributed by atoms with Crippen LogP contribution in [0.5, 0.6) is 0 Å². The smallest absolute Gasteiger partial charge is 0.292 e. The maximum absolute atomic E-state index is 11.3. The van der Waals surface area contributed by atoms with Crippen molar-refractivity contribution in [1.82, 2.24) is 4.90 Å². The first-order valence-electron chi connectivity index (χ1n) is 7.85. The van der Waals surface area contributed by atoms with Gasteiger partial charge in [0.15, 0.2) is 0 Å². The van der Waals surface area contributed by atoms with E-state index in [9.17, 15) is 15.2 Å². The van der Waals surface area contributed by atoms with Crippen molar-refractivity contribution in [3.8, 4) is 0 Å². The predicted molar refractivity (Wildman–Crippen MR) is 88.7 cm³/mol. The fraction of sp³-hybridized carbons (Fsp3) is 0.625. The standard InChI is InChI=1S/C16H25N3O4/c1-12-9-17(10-13(2)18(12)6-7-23-3)16-8-14(11-20)4-5-15(16)19(21)22/h4-5,8,12-13,20H,6-7,9-11H2,1-3H3. The van der Waals surface area contributed by atoms with Crippen LogP contribution in [-0.2, 0) is 11.3 Å². The number of hydrogen-bond acceptors (Lipinski definition) is 6. The normalized spacial score (nSPS) is 22.3. The predicted octanol–water partition coefficient (Wildman–Crippen LogP) is 1.63. The summed E-state index contributed by atoms with van der Waals surface area (Å²) in [7, 11) is 1.69. The highest BCUT2D eigenvalue weighted by Gasteiger charge is 2.32. The minimum Gasteiger partial charge on any atom is -0.392 e. The number of nitrogens with zero attached hydrogens (tertiary/aromatic N) is 3. The molecule has 1 N–H and O–H groups in total. The third kappa shape index (κ3) is 3.99. The molecule has 0 saturated carbocycles. The molecule has 0 aliphatic carbocycles. The van der Waals surface area contributed by atoms with Gasteiger partial charge in [-0.15, -0.1) is 0 Å². The molecule has 0 amide bonds. The van der Waals surface area contributed by atoms with Crippen molar-refractivity contribution in [3.05, 3.63) is 33.9 Å². The van der Waals surface area contributed by atoms with Gasteiger partial charge in [0.05, 0.1) is 18.1 Å². The Hall–Kier alpha value is -1.70. The molecule has 2 atom stereocenters. The fourth-order valence-electron chi connectivity index (χ4n) is 3.27. The second-order valence-corrected chi connectivity index (χ2v) is 6.07. The van der Waals surface area contributed by atoms with Crippen LogP contribution in [0.25, 0.3) is 0 Å². The number of ether oxygens (including phenoxy) is 1. The van der Waals surface area contributed by atoms with Crippen LogP contribution in [0, 0.1) is 10.1 Å². The number of aliphatic hydroxyl groups excluding tert-OH is 1. The third-order valence-corrected chi connectivity index (χ3v) is 4.41. The molecule has 7 heteroatoms. The number of benzene rings is 1. The van der Waals surface area contributed by atoms with E-state index in [4.69, 9.17) is 4.74 Å². The topological polar surface area (TPSA) is 79.1 Å². The number of methoxy groups -OCH3 is 1. The maximum atomic E-state index is 11.3. The Morgan fingerprint density at radius 3 is 2.52 bits per heavy atom. The molecule has 0 bridgehead atoms. The van der Waals surface area contributed by atoms with Crippen LogP contribution >= 0.6 is 0 Å². The zero-order valence-electron chi connectivity index (χ0n) is 13.9. The van der Waals surface area contributed by atoms with Crippen LogP contribution in [0.2, 0.25) is 0 Å². The summed E-state index contributed by atoms with van der Waals surface area (Å²) in [6.45, 7) is 7.08. The molecule has 0 spiro atoms. The summed E-state index contributed by atoms with van der Waals surface area (Å²) in [5.74, 6) is 0. The second-order valence-electron chi connectivity index (χ2n) is 6.07. The van der Waals surface area contributed by atoms with E-state index in [1.165, 1.54) is 6.07 Å². The number of aliphatic hydroxyl groups is 1. The number of anilines is 1. The third-order valence-electron chi connectivity index (χ3n) is 4.41. The Balaban J connectivity index is 2.24. The van der Waals surface area contributed by atoms with Gasteiger partial charge in [0.1, 0.15) is 5.69 Å². The molecule has 0 aromatic heterocycles. The number of nitro groups is 1. The van der Waals surface area contributed by atoms with E-state index in [1.807, 2.05) is 0 Å². The number of rotatable bonds is 6. The molecular weight excluding hydrogens is 298 g/mol. The van der Waals surface area contributed by atoms with E-state index in [0.29, 0.717) is 30.9 Å². The molecule has 1 fully saturated rings. The Morgan fingerprint density at radius 2 is 2.00 bits per heavy atom. The van der Waals surface area contributed by atoms with E-state index in [1.54, 1.807) is 19.2 Å². The first-order valence-corrected chi connectivity index (χ1v) is 7.85. The van der Waals surface area contributed by atoms with Gasteiger partial charge in [0.2, 0.25) is 0 Å². The number of piperazine rings is 1. The monoisotopic (exact) mass is 323 g/mol. The second kappa shape index (κ2) is 7.72. The van der Waals surface area contributed by atoms with Gasteiger partial charge in [-0.25, -0.2) is 0 Å². The van der Waals surface area contributed by atoms with Crippen molar-refractivity contribution in [2.75, 3.05) is 38.3 Å². The summed E-state index contributed by atoms with van der Waals surface area (Å²) in [5, 5.41) is 20.6. The summed E-state index contributed by atoms with van der Waals surface area (Å²) in [6, 6.07) is 5.34. The average Bonchev–Trinajstić information content (AvgIpc) is 2.53. The quantitative estimate of drug-likeness (QED) is 0.633. The van der Waals surface area contributed by atoms with Gasteiger partial charge in [-0.3, -0.25) is 15.0 Å². The highest BCUT2D eigenvalue weighted by molar-refractivity contribution is 5.65. The van der Waals surface area contributed by atoms with Crippen LogP contribution in [0.15, 0.2) is 18.2 Å². The van der Waals surface area contributed by atoms with Crippen LogP contribution < -0.4 is 4.90 Å². The van der Waals surface area contributed by atoms with Gasteiger partial charge < -0.3 is 14.7 Å². The van der Waals surface area contributed by atoms with Crippen LogP contribution in [0.3, 0.4) is 0 Å². The minimum absolute atomic E-state index is 0.0898. The first-order chi connectivity index (χ1) is 11.0. The molecule has 7 nitrogen and oxygen atoms in total. The maximum Gasteiger partial charge on any atom is 0.292 e. The van der Waals surface area contributed by atoms with Gasteiger partial charge in [0, 0.05) is 44.9 Å². The lowest BCUT2D eigenvalue weighted by atomic mass is 10.1. The minimum atomic E-state index is -0.358. The molecule has 1 heterocycles. The van der Waals surface area contributed by atoms with E-state index in [2.05, 4.69) is 23.6 Å². The molecule has 1 saturated heterocycles. The Bertz CT molecular complexity index is 540. The molecule has 1 aromatic rings. The molecule has 1 aliphatic heterocycles. The molecule has 23 heavy (non-hydrogen) atoms. The summed E-state index contributed by atoms with van der Waals surface area (Å²) < 4.78 is 5.16. The lowest BCUT2D eigenvalue weighted by molar-refractivity contribution is -0.384. The fourth-order valence-corrected chi connectivity index (χ4v) is 3.27. The lowest BCUT2D eigenvalue weighted by Gasteiger charge is -2.45. The van der Waals surface area contributed by atoms with Gasteiger partial charge in [-0.05, 0) is 31.5 Å². The average molecular weight is 323 g/mol. The van der Waals surface area contributed by atoms with Gasteiger partial charge >= 0.3 is 0 Å². The first kappa shape index (κ1) is 17.7. The van der Waals surface area contributed by atoms with Gasteiger partial charge in [-0.2, -0.15) is 0 Å². The lowest BCUT2D eigenvalue weighted by Crippen LogP contribution is -2.57. The summed E-state index contributed by atoms with van der Waals surface area (Å²) in [4.78, 5) is 15.4. The Kier molecular flexibility index (Phi) is 5.92. The molecule has 2 unspecified atom stereocenters. The SMILES string of the molecule is COCCN1C(C)CN(c2cc(CO)ccc2[N+](=O)[O-])CC1C. The highest BCUT2D eigenvalue weighted by atomic mass is 16.6. The summed E-state index contributed by atoms with van der Waals surface area (Å²) in [5.41, 5.74) is 1.37. The van der Waals surface area contributed by atoms with Gasteiger partial charge in [-0.1, -0.05) is 0 Å². The molecule has 1 aliphatic rings. The largest absolute Gasteiger partial charge is 0.392 e. The van der Waals surface area contributed by atoms with Crippen molar-refractivity contribution < 1.29 is 14.8 Å². The molecule has 1 aromatic carbocycles.